The zero-order valence-corrected chi connectivity index (χ0v) is 18.1. The highest BCUT2D eigenvalue weighted by Gasteiger charge is 2.30. The van der Waals surface area contributed by atoms with Gasteiger partial charge in [0.1, 0.15) is 6.04 Å². The van der Waals surface area contributed by atoms with Crippen LogP contribution in [0.2, 0.25) is 0 Å². The van der Waals surface area contributed by atoms with Gasteiger partial charge in [0.25, 0.3) is 0 Å². The minimum absolute atomic E-state index is 0.0342. The first-order valence-electron chi connectivity index (χ1n) is 10.7. The van der Waals surface area contributed by atoms with Crippen LogP contribution in [0.4, 0.5) is 5.69 Å². The van der Waals surface area contributed by atoms with Gasteiger partial charge in [0, 0.05) is 37.3 Å². The number of nitrogens with one attached hydrogen (secondary N) is 1. The summed E-state index contributed by atoms with van der Waals surface area (Å²) in [5.74, 6) is -1.02. The maximum Gasteiger partial charge on any atom is 0.335 e. The number of rotatable bonds is 6. The zero-order valence-electron chi connectivity index (χ0n) is 18.1. The topological polar surface area (TPSA) is 105 Å². The second-order valence-corrected chi connectivity index (χ2v) is 8.27. The molecule has 1 aromatic heterocycles. The van der Waals surface area contributed by atoms with E-state index in [0.29, 0.717) is 37.2 Å². The fraction of sp³-hybridized carbons (Fsp3) is 0.333. The van der Waals surface area contributed by atoms with Gasteiger partial charge in [-0.05, 0) is 62.2 Å². The van der Waals surface area contributed by atoms with Crippen molar-refractivity contribution in [2.24, 2.45) is 13.0 Å². The lowest BCUT2D eigenvalue weighted by Gasteiger charge is -2.33. The molecule has 0 spiro atoms. The van der Waals surface area contributed by atoms with Crippen molar-refractivity contribution in [3.05, 3.63) is 59.9 Å². The number of carboxylic acids is 1. The maximum absolute atomic E-state index is 13.0. The van der Waals surface area contributed by atoms with Crippen LogP contribution in [0.15, 0.2) is 48.8 Å². The number of fused-ring (bicyclic) bond motifs is 1. The normalized spacial score (nSPS) is 15.5. The molecule has 8 nitrogen and oxygen atoms in total. The summed E-state index contributed by atoms with van der Waals surface area (Å²) in [6.45, 7) is 2.85. The number of likely N-dealkylation sites (tertiary alicyclic amines) is 1. The number of carbonyl (C=O) groups excluding carboxylic acids is 2. The Kier molecular flexibility index (Phi) is 5.94. The van der Waals surface area contributed by atoms with Gasteiger partial charge < -0.3 is 19.9 Å². The zero-order chi connectivity index (χ0) is 22.8. The summed E-state index contributed by atoms with van der Waals surface area (Å²) in [6.07, 6.45) is 2.99. The predicted molar refractivity (Wildman–Crippen MR) is 121 cm³/mol. The number of carbonyl (C=O) groups is 3. The quantitative estimate of drug-likeness (QED) is 0.578. The van der Waals surface area contributed by atoms with Gasteiger partial charge in [-0.2, -0.15) is 0 Å². The molecule has 1 amide bonds. The molecule has 1 saturated heterocycles. The third-order valence-electron chi connectivity index (χ3n) is 6.07. The van der Waals surface area contributed by atoms with E-state index in [-0.39, 0.29) is 23.2 Å². The molecule has 2 N–H and O–H groups in total. The lowest BCUT2D eigenvalue weighted by atomic mass is 9.88. The number of piperidine rings is 1. The Morgan fingerprint density at radius 2 is 1.72 bits per heavy atom. The number of aryl methyl sites for hydroxylation is 1. The summed E-state index contributed by atoms with van der Waals surface area (Å²) < 4.78 is 1.92. The van der Waals surface area contributed by atoms with Crippen molar-refractivity contribution in [2.45, 2.75) is 25.8 Å². The van der Waals surface area contributed by atoms with Gasteiger partial charge in [-0.3, -0.25) is 9.59 Å². The lowest BCUT2D eigenvalue weighted by Crippen LogP contribution is -2.46. The van der Waals surface area contributed by atoms with Crippen LogP contribution in [0.5, 0.6) is 0 Å². The number of nitrogens with zero attached hydrogens (tertiary/aromatic N) is 3. The first-order valence-corrected chi connectivity index (χ1v) is 10.7. The number of hydrogen-bond acceptors (Lipinski definition) is 5. The van der Waals surface area contributed by atoms with Gasteiger partial charge >= 0.3 is 5.97 Å². The molecule has 2 aromatic carbocycles. The second-order valence-electron chi connectivity index (χ2n) is 8.27. The maximum atomic E-state index is 13.0. The van der Waals surface area contributed by atoms with E-state index in [4.69, 9.17) is 5.11 Å². The number of amides is 1. The number of ketones is 1. The van der Waals surface area contributed by atoms with Gasteiger partial charge in [0.2, 0.25) is 5.91 Å². The molecule has 3 aromatic rings. The third-order valence-corrected chi connectivity index (χ3v) is 6.07. The number of benzene rings is 2. The van der Waals surface area contributed by atoms with Gasteiger partial charge in [0.05, 0.1) is 22.9 Å². The first kappa shape index (κ1) is 21.5. The van der Waals surface area contributed by atoms with Gasteiger partial charge in [0.15, 0.2) is 5.78 Å². The molecule has 1 unspecified atom stereocenters. The van der Waals surface area contributed by atoms with Crippen LogP contribution >= 0.6 is 0 Å². The van der Waals surface area contributed by atoms with Crippen molar-refractivity contribution in [3.8, 4) is 0 Å². The highest BCUT2D eigenvalue weighted by atomic mass is 16.4. The SMILES string of the molecule is CC(Nc1ccc(C(=O)O)cc1)C(=O)N1CCC(C(=O)c2ccc3c(c2)ncn3C)CC1. The summed E-state index contributed by atoms with van der Waals surface area (Å²) in [5.41, 5.74) is 3.35. The standard InChI is InChI=1S/C24H26N4O4/c1-15(26-19-6-3-17(4-7-19)24(31)32)23(30)28-11-9-16(10-12-28)22(29)18-5-8-21-20(13-18)25-14-27(21)2/h3-8,13-16,26H,9-12H2,1-2H3,(H,31,32). The van der Waals surface area contributed by atoms with E-state index < -0.39 is 12.0 Å². The van der Waals surface area contributed by atoms with E-state index >= 15 is 0 Å². The summed E-state index contributed by atoms with van der Waals surface area (Å²) in [7, 11) is 1.92. The van der Waals surface area contributed by atoms with Crippen molar-refractivity contribution in [3.63, 3.8) is 0 Å². The Balaban J connectivity index is 1.33. The van der Waals surface area contributed by atoms with Crippen LogP contribution in [-0.2, 0) is 11.8 Å². The molecule has 0 aliphatic carbocycles. The molecular formula is C24H26N4O4. The molecule has 1 atom stereocenters. The molecule has 4 rings (SSSR count). The Morgan fingerprint density at radius 1 is 1.06 bits per heavy atom. The number of aromatic carboxylic acids is 1. The number of Topliss-reactive ketones (excluding diaryl/α,β-unsaturated/α-hetero) is 1. The summed E-state index contributed by atoms with van der Waals surface area (Å²) in [5, 5.41) is 12.1. The summed E-state index contributed by atoms with van der Waals surface area (Å²) >= 11 is 0. The molecule has 0 bridgehead atoms. The molecule has 8 heteroatoms. The third kappa shape index (κ3) is 4.34. The van der Waals surface area contributed by atoms with Crippen LogP contribution < -0.4 is 5.32 Å². The molecule has 0 saturated carbocycles. The smallest absolute Gasteiger partial charge is 0.335 e. The van der Waals surface area contributed by atoms with Crippen molar-refractivity contribution in [1.29, 1.82) is 0 Å². The van der Waals surface area contributed by atoms with Gasteiger partial charge in [-0.15, -0.1) is 0 Å². The molecule has 1 aliphatic heterocycles. The molecule has 1 aliphatic rings. The van der Waals surface area contributed by atoms with Crippen molar-refractivity contribution in [1.82, 2.24) is 14.5 Å². The van der Waals surface area contributed by atoms with E-state index in [9.17, 15) is 14.4 Å². The van der Waals surface area contributed by atoms with E-state index in [1.807, 2.05) is 29.8 Å². The van der Waals surface area contributed by atoms with Crippen molar-refractivity contribution < 1.29 is 19.5 Å². The van der Waals surface area contributed by atoms with Crippen molar-refractivity contribution >= 4 is 34.4 Å². The van der Waals surface area contributed by atoms with Crippen LogP contribution in [0.25, 0.3) is 11.0 Å². The molecule has 166 valence electrons. The fourth-order valence-corrected chi connectivity index (χ4v) is 4.18. The minimum Gasteiger partial charge on any atom is -0.478 e. The van der Waals surface area contributed by atoms with Crippen LogP contribution in [0.1, 0.15) is 40.5 Å². The molecular weight excluding hydrogens is 408 g/mol. The highest BCUT2D eigenvalue weighted by Crippen LogP contribution is 2.24. The average molecular weight is 434 g/mol. The largest absolute Gasteiger partial charge is 0.478 e. The van der Waals surface area contributed by atoms with E-state index in [1.54, 1.807) is 30.3 Å². The van der Waals surface area contributed by atoms with Crippen LogP contribution in [0.3, 0.4) is 0 Å². The number of anilines is 1. The second kappa shape index (κ2) is 8.82. The van der Waals surface area contributed by atoms with Crippen LogP contribution in [0, 0.1) is 5.92 Å². The predicted octanol–water partition coefficient (Wildman–Crippen LogP) is 3.19. The number of imidazole rings is 1. The highest BCUT2D eigenvalue weighted by molar-refractivity contribution is 6.00. The average Bonchev–Trinajstić information content (AvgIpc) is 3.18. The Morgan fingerprint density at radius 3 is 2.38 bits per heavy atom. The Labute approximate surface area is 185 Å². The summed E-state index contributed by atoms with van der Waals surface area (Å²) in [6, 6.07) is 11.5. The van der Waals surface area contributed by atoms with Crippen molar-refractivity contribution in [2.75, 3.05) is 18.4 Å². The summed E-state index contributed by atoms with van der Waals surface area (Å²) in [4.78, 5) is 42.9. The molecule has 2 heterocycles. The van der Waals surface area contributed by atoms with Gasteiger partial charge in [-0.25, -0.2) is 9.78 Å². The van der Waals surface area contributed by atoms with E-state index in [1.165, 1.54) is 12.1 Å². The van der Waals surface area contributed by atoms with Gasteiger partial charge in [-0.1, -0.05) is 0 Å². The van der Waals surface area contributed by atoms with E-state index in [2.05, 4.69) is 10.3 Å². The number of carboxylic acid groups (broad SMARTS) is 1. The Hall–Kier alpha value is -3.68. The first-order chi connectivity index (χ1) is 15.3. The molecule has 1 fully saturated rings. The molecule has 0 radical (unpaired) electrons. The monoisotopic (exact) mass is 434 g/mol. The number of aromatic nitrogens is 2. The fourth-order valence-electron chi connectivity index (χ4n) is 4.18. The molecule has 32 heavy (non-hydrogen) atoms. The van der Waals surface area contributed by atoms with Crippen LogP contribution in [-0.4, -0.2) is 56.3 Å². The number of hydrogen-bond donors (Lipinski definition) is 2. The lowest BCUT2D eigenvalue weighted by molar-refractivity contribution is -0.132. The van der Waals surface area contributed by atoms with E-state index in [0.717, 1.165) is 11.0 Å². The Bertz CT molecular complexity index is 1160. The minimum atomic E-state index is -0.988.